The molecule has 0 saturated carbocycles. The molecular formula is C19H17ClN2O3. The van der Waals surface area contributed by atoms with E-state index in [1.165, 1.54) is 0 Å². The zero-order valence-corrected chi connectivity index (χ0v) is 14.4. The summed E-state index contributed by atoms with van der Waals surface area (Å²) >= 11 is 6.11. The molecule has 0 atom stereocenters. The van der Waals surface area contributed by atoms with Gasteiger partial charge in [0.05, 0.1) is 13.2 Å². The minimum absolute atomic E-state index is 0.0799. The molecule has 5 nitrogen and oxygen atoms in total. The Morgan fingerprint density at radius 2 is 1.80 bits per heavy atom. The molecule has 2 aromatic carbocycles. The molecule has 3 rings (SSSR count). The molecule has 1 aliphatic rings. The fraction of sp³-hybridized carbons (Fsp3) is 0.158. The number of halogens is 1. The Kier molecular flexibility index (Phi) is 5.05. The maximum Gasteiger partial charge on any atom is 0.279 e. The van der Waals surface area contributed by atoms with E-state index in [0.29, 0.717) is 18.0 Å². The normalized spacial score (nSPS) is 14.2. The van der Waals surface area contributed by atoms with Gasteiger partial charge in [0.15, 0.2) is 0 Å². The summed E-state index contributed by atoms with van der Waals surface area (Å²) in [5.41, 5.74) is 1.56. The van der Waals surface area contributed by atoms with E-state index in [4.69, 9.17) is 16.3 Å². The summed E-state index contributed by atoms with van der Waals surface area (Å²) in [4.78, 5) is 26.1. The average molecular weight is 357 g/mol. The molecule has 2 amide bonds. The predicted octanol–water partition coefficient (Wildman–Crippen LogP) is 3.52. The van der Waals surface area contributed by atoms with Crippen molar-refractivity contribution in [3.05, 3.63) is 70.9 Å². The molecule has 0 radical (unpaired) electrons. The van der Waals surface area contributed by atoms with Gasteiger partial charge in [-0.05, 0) is 24.6 Å². The highest BCUT2D eigenvalue weighted by Gasteiger charge is 2.37. The second-order valence-corrected chi connectivity index (χ2v) is 5.83. The van der Waals surface area contributed by atoms with Crippen molar-refractivity contribution in [3.8, 4) is 5.75 Å². The maximum absolute atomic E-state index is 12.6. The highest BCUT2D eigenvalue weighted by Crippen LogP contribution is 2.28. The van der Waals surface area contributed by atoms with Crippen molar-refractivity contribution >= 4 is 29.1 Å². The largest absolute Gasteiger partial charge is 0.494 e. The molecule has 6 heteroatoms. The monoisotopic (exact) mass is 356 g/mol. The van der Waals surface area contributed by atoms with Gasteiger partial charge in [0.2, 0.25) is 0 Å². The van der Waals surface area contributed by atoms with E-state index < -0.39 is 11.8 Å². The first-order valence-electron chi connectivity index (χ1n) is 7.90. The Balaban J connectivity index is 1.79. The van der Waals surface area contributed by atoms with Gasteiger partial charge in [-0.1, -0.05) is 48.0 Å². The van der Waals surface area contributed by atoms with Gasteiger partial charge in [-0.25, -0.2) is 0 Å². The first kappa shape index (κ1) is 17.0. The molecule has 25 heavy (non-hydrogen) atoms. The van der Waals surface area contributed by atoms with Crippen molar-refractivity contribution in [2.75, 3.05) is 11.9 Å². The third-order valence-electron chi connectivity index (χ3n) is 3.71. The van der Waals surface area contributed by atoms with Crippen LogP contribution in [0.1, 0.15) is 12.5 Å². The van der Waals surface area contributed by atoms with E-state index >= 15 is 0 Å². The molecule has 0 unspecified atom stereocenters. The number of amides is 2. The maximum atomic E-state index is 12.6. The lowest BCUT2D eigenvalue weighted by Gasteiger charge is -2.15. The minimum Gasteiger partial charge on any atom is -0.494 e. The second-order valence-electron chi connectivity index (χ2n) is 5.46. The Labute approximate surface area is 150 Å². The van der Waals surface area contributed by atoms with E-state index in [2.05, 4.69) is 5.32 Å². The van der Waals surface area contributed by atoms with E-state index in [0.717, 1.165) is 10.5 Å². The van der Waals surface area contributed by atoms with Gasteiger partial charge in [-0.2, -0.15) is 0 Å². The average Bonchev–Trinajstić information content (AvgIpc) is 2.81. The first-order valence-corrected chi connectivity index (χ1v) is 8.27. The van der Waals surface area contributed by atoms with E-state index in [1.807, 2.05) is 43.3 Å². The van der Waals surface area contributed by atoms with Crippen molar-refractivity contribution in [1.29, 1.82) is 0 Å². The number of anilines is 1. The molecular weight excluding hydrogens is 340 g/mol. The molecule has 0 bridgehead atoms. The number of hydrogen-bond donors (Lipinski definition) is 1. The number of rotatable bonds is 6. The Hall–Kier alpha value is -2.79. The van der Waals surface area contributed by atoms with Crippen LogP contribution in [0.15, 0.2) is 65.3 Å². The van der Waals surface area contributed by atoms with Gasteiger partial charge in [0.1, 0.15) is 16.5 Å². The molecule has 1 heterocycles. The van der Waals surface area contributed by atoms with Crippen molar-refractivity contribution in [3.63, 3.8) is 0 Å². The SMILES string of the molecule is CCOc1cccc(NC2=C(Cl)C(=O)N(Cc3ccccc3)C2=O)c1. The van der Waals surface area contributed by atoms with Crippen LogP contribution in [0, 0.1) is 0 Å². The summed E-state index contributed by atoms with van der Waals surface area (Å²) in [6.07, 6.45) is 0. The molecule has 1 aliphatic heterocycles. The number of ether oxygens (including phenoxy) is 1. The van der Waals surface area contributed by atoms with Gasteiger partial charge >= 0.3 is 0 Å². The van der Waals surface area contributed by atoms with Gasteiger partial charge in [-0.3, -0.25) is 14.5 Å². The van der Waals surface area contributed by atoms with E-state index in [1.54, 1.807) is 18.2 Å². The Bertz CT molecular complexity index is 834. The summed E-state index contributed by atoms with van der Waals surface area (Å²) < 4.78 is 5.43. The zero-order valence-electron chi connectivity index (χ0n) is 13.7. The number of hydrogen-bond acceptors (Lipinski definition) is 4. The Morgan fingerprint density at radius 1 is 1.04 bits per heavy atom. The number of carbonyl (C=O) groups excluding carboxylic acids is 2. The number of carbonyl (C=O) groups is 2. The molecule has 0 saturated heterocycles. The van der Waals surface area contributed by atoms with Crippen molar-refractivity contribution in [2.24, 2.45) is 0 Å². The lowest BCUT2D eigenvalue weighted by molar-refractivity contribution is -0.138. The number of imide groups is 1. The molecule has 128 valence electrons. The van der Waals surface area contributed by atoms with Crippen LogP contribution >= 0.6 is 11.6 Å². The summed E-state index contributed by atoms with van der Waals surface area (Å²) in [6, 6.07) is 16.4. The van der Waals surface area contributed by atoms with Gasteiger partial charge < -0.3 is 10.1 Å². The van der Waals surface area contributed by atoms with Crippen LogP contribution in [0.5, 0.6) is 5.75 Å². The number of nitrogens with zero attached hydrogens (tertiary/aromatic N) is 1. The van der Waals surface area contributed by atoms with Crippen LogP contribution in [-0.2, 0) is 16.1 Å². The third-order valence-corrected chi connectivity index (χ3v) is 4.06. The van der Waals surface area contributed by atoms with Crippen molar-refractivity contribution < 1.29 is 14.3 Å². The standard InChI is InChI=1S/C19H17ClN2O3/c1-2-25-15-10-6-9-14(11-15)21-17-16(20)18(23)22(19(17)24)12-13-7-4-3-5-8-13/h3-11,21H,2,12H2,1H3. The minimum atomic E-state index is -0.501. The first-order chi connectivity index (χ1) is 12.1. The third kappa shape index (κ3) is 3.67. The highest BCUT2D eigenvalue weighted by molar-refractivity contribution is 6.48. The predicted molar refractivity (Wildman–Crippen MR) is 96.1 cm³/mol. The molecule has 0 fully saturated rings. The van der Waals surface area contributed by atoms with Crippen molar-refractivity contribution in [2.45, 2.75) is 13.5 Å². The molecule has 0 spiro atoms. The summed E-state index contributed by atoms with van der Waals surface area (Å²) in [6.45, 7) is 2.61. The Morgan fingerprint density at radius 3 is 2.52 bits per heavy atom. The zero-order chi connectivity index (χ0) is 17.8. The van der Waals surface area contributed by atoms with Crippen LogP contribution in [0.4, 0.5) is 5.69 Å². The fourth-order valence-corrected chi connectivity index (χ4v) is 2.77. The quantitative estimate of drug-likeness (QED) is 0.804. The molecule has 2 aromatic rings. The van der Waals surface area contributed by atoms with Gasteiger partial charge in [-0.15, -0.1) is 0 Å². The number of nitrogens with one attached hydrogen (secondary N) is 1. The van der Waals surface area contributed by atoms with Crippen LogP contribution in [0.25, 0.3) is 0 Å². The summed E-state index contributed by atoms with van der Waals surface area (Å²) in [7, 11) is 0. The number of benzene rings is 2. The summed E-state index contributed by atoms with van der Waals surface area (Å²) in [5, 5.41) is 2.83. The van der Waals surface area contributed by atoms with Gasteiger partial charge in [0.25, 0.3) is 11.8 Å². The van der Waals surface area contributed by atoms with Crippen molar-refractivity contribution in [1.82, 2.24) is 4.90 Å². The summed E-state index contributed by atoms with van der Waals surface area (Å²) in [5.74, 6) is -0.276. The molecule has 1 N–H and O–H groups in total. The van der Waals surface area contributed by atoms with Crippen LogP contribution in [0.3, 0.4) is 0 Å². The van der Waals surface area contributed by atoms with Gasteiger partial charge in [0, 0.05) is 11.8 Å². The smallest absolute Gasteiger partial charge is 0.279 e. The van der Waals surface area contributed by atoms with Crippen LogP contribution in [0.2, 0.25) is 0 Å². The van der Waals surface area contributed by atoms with Crippen LogP contribution < -0.4 is 10.1 Å². The van der Waals surface area contributed by atoms with Crippen LogP contribution in [-0.4, -0.2) is 23.3 Å². The van der Waals surface area contributed by atoms with E-state index in [9.17, 15) is 9.59 Å². The molecule has 0 aromatic heterocycles. The topological polar surface area (TPSA) is 58.6 Å². The molecule has 0 aliphatic carbocycles. The van der Waals surface area contributed by atoms with E-state index in [-0.39, 0.29) is 17.3 Å². The second kappa shape index (κ2) is 7.40. The lowest BCUT2D eigenvalue weighted by Crippen LogP contribution is -2.31. The lowest BCUT2D eigenvalue weighted by atomic mass is 10.2. The fourth-order valence-electron chi connectivity index (χ4n) is 2.54. The highest BCUT2D eigenvalue weighted by atomic mass is 35.5.